The molecule has 0 aromatic carbocycles. The van der Waals surface area contributed by atoms with E-state index in [4.69, 9.17) is 17.2 Å². The van der Waals surface area contributed by atoms with E-state index >= 15 is 0 Å². The number of aromatic nitrogens is 2. The van der Waals surface area contributed by atoms with Crippen molar-refractivity contribution in [2.75, 3.05) is 18.9 Å². The van der Waals surface area contributed by atoms with Crippen molar-refractivity contribution in [2.45, 2.75) is 81.7 Å². The van der Waals surface area contributed by atoms with Crippen LogP contribution in [0.4, 0.5) is 0 Å². The van der Waals surface area contributed by atoms with Gasteiger partial charge in [0.2, 0.25) is 35.4 Å². The number of unbranched alkanes of at least 4 members (excludes halogenated alkanes) is 1. The third kappa shape index (κ3) is 14.2. The number of hydrogen-bond acceptors (Lipinski definition) is 12. The van der Waals surface area contributed by atoms with Gasteiger partial charge in [-0.3, -0.25) is 33.6 Å². The van der Waals surface area contributed by atoms with Gasteiger partial charge in [0.15, 0.2) is 0 Å². The minimum absolute atomic E-state index is 0.0344. The Kier molecular flexibility index (Phi) is 17.9. The maximum atomic E-state index is 13.4. The van der Waals surface area contributed by atoms with Gasteiger partial charge in [-0.05, 0) is 39.2 Å². The predicted octanol–water partition coefficient (Wildman–Crippen LogP) is -4.88. The molecule has 1 aromatic heterocycles. The first-order chi connectivity index (χ1) is 21.7. The number of aromatic amines is 1. The van der Waals surface area contributed by atoms with Crippen LogP contribution < -0.4 is 43.8 Å². The third-order valence-corrected chi connectivity index (χ3v) is 6.96. The molecule has 0 unspecified atom stereocenters. The van der Waals surface area contributed by atoms with Gasteiger partial charge in [0.05, 0.1) is 24.7 Å². The molecule has 0 aliphatic carbocycles. The molecular formula is C26H44N10O9S. The van der Waals surface area contributed by atoms with Crippen LogP contribution in [0, 0.1) is 0 Å². The molecule has 258 valence electrons. The summed E-state index contributed by atoms with van der Waals surface area (Å²) in [4.78, 5) is 94.4. The number of aliphatic hydroxyl groups excluding tert-OH is 1. The van der Waals surface area contributed by atoms with E-state index in [-0.39, 0.29) is 38.0 Å². The summed E-state index contributed by atoms with van der Waals surface area (Å²) in [6.45, 7) is 0.685. The highest BCUT2D eigenvalue weighted by Crippen LogP contribution is 2.07. The van der Waals surface area contributed by atoms with Crippen molar-refractivity contribution in [2.24, 2.45) is 17.2 Å². The molecule has 6 atom stereocenters. The van der Waals surface area contributed by atoms with Crippen LogP contribution in [0.3, 0.4) is 0 Å². The average molecular weight is 673 g/mol. The average Bonchev–Trinajstić information content (AvgIpc) is 3.53. The highest BCUT2D eigenvalue weighted by atomic mass is 32.1. The largest absolute Gasteiger partial charge is 0.480 e. The Morgan fingerprint density at radius 3 is 1.91 bits per heavy atom. The standard InChI is InChI=1S/C26H44N10O9S/c1-13(26(44)45)32-24(42)18(8-14-9-30-12-31-14)35-23(41)17(5-6-20(29)38)34-22(40)16(4-2-3-7-27)33-25(43)19(10-37)36-21(39)15(28)11-46/h9,12-13,15-19,37,46H,2-8,10-11,27-28H2,1H3,(H2,29,38)(H,30,31)(H,32,42)(H,33,43)(H,34,40)(H,35,41)(H,36,39)(H,44,45)/t13-,15-,16-,17-,18-,19-/m0/s1. The summed E-state index contributed by atoms with van der Waals surface area (Å²) < 4.78 is 0. The summed E-state index contributed by atoms with van der Waals surface area (Å²) in [6, 6.07) is -7.90. The third-order valence-electron chi connectivity index (χ3n) is 6.57. The van der Waals surface area contributed by atoms with E-state index < -0.39 is 84.3 Å². The van der Waals surface area contributed by atoms with Crippen LogP contribution in [0.15, 0.2) is 12.5 Å². The Morgan fingerprint density at radius 1 is 0.870 bits per heavy atom. The zero-order valence-electron chi connectivity index (χ0n) is 25.4. The molecular weight excluding hydrogens is 628 g/mol. The van der Waals surface area contributed by atoms with Gasteiger partial charge >= 0.3 is 5.97 Å². The highest BCUT2D eigenvalue weighted by Gasteiger charge is 2.32. The molecule has 20 heteroatoms. The summed E-state index contributed by atoms with van der Waals surface area (Å²) in [5, 5.41) is 30.8. The monoisotopic (exact) mass is 672 g/mol. The Morgan fingerprint density at radius 2 is 1.41 bits per heavy atom. The molecule has 19 nitrogen and oxygen atoms in total. The fourth-order valence-corrected chi connectivity index (χ4v) is 4.05. The van der Waals surface area contributed by atoms with Crippen LogP contribution in [0.2, 0.25) is 0 Å². The molecule has 46 heavy (non-hydrogen) atoms. The van der Waals surface area contributed by atoms with Gasteiger partial charge in [-0.15, -0.1) is 0 Å². The minimum Gasteiger partial charge on any atom is -0.480 e. The number of nitrogens with two attached hydrogens (primary N) is 3. The molecule has 0 spiro atoms. The number of primary amides is 1. The summed E-state index contributed by atoms with van der Waals surface area (Å²) >= 11 is 3.92. The maximum absolute atomic E-state index is 13.4. The number of rotatable bonds is 22. The number of carbonyl (C=O) groups is 7. The summed E-state index contributed by atoms with van der Waals surface area (Å²) in [5.41, 5.74) is 16.8. The Bertz CT molecular complexity index is 1190. The van der Waals surface area contributed by atoms with Gasteiger partial charge in [-0.25, -0.2) is 4.98 Å². The van der Waals surface area contributed by atoms with Gasteiger partial charge in [0.1, 0.15) is 30.2 Å². The second-order valence-electron chi connectivity index (χ2n) is 10.3. The fraction of sp³-hybridized carbons (Fsp3) is 0.615. The van der Waals surface area contributed by atoms with E-state index in [0.717, 1.165) is 0 Å². The van der Waals surface area contributed by atoms with Crippen molar-refractivity contribution in [1.29, 1.82) is 0 Å². The number of nitrogens with one attached hydrogen (secondary N) is 6. The SMILES string of the molecule is C[C@H](NC(=O)[C@H](Cc1c[nH]cn1)NC(=O)[C@H](CCC(N)=O)NC(=O)[C@H](CCCCN)NC(=O)[C@H](CO)NC(=O)[C@@H](N)CS)C(=O)O. The first-order valence-electron chi connectivity index (χ1n) is 14.4. The molecule has 0 radical (unpaired) electrons. The first-order valence-corrected chi connectivity index (χ1v) is 15.0. The van der Waals surface area contributed by atoms with Crippen LogP contribution in [0.5, 0.6) is 0 Å². The molecule has 0 aliphatic rings. The smallest absolute Gasteiger partial charge is 0.325 e. The quantitative estimate of drug-likeness (QED) is 0.0407. The number of carbonyl (C=O) groups excluding carboxylic acids is 6. The Balaban J connectivity index is 3.21. The molecule has 0 fully saturated rings. The lowest BCUT2D eigenvalue weighted by atomic mass is 10.0. The molecule has 14 N–H and O–H groups in total. The van der Waals surface area contributed by atoms with Crippen LogP contribution >= 0.6 is 12.6 Å². The molecule has 0 saturated carbocycles. The molecule has 6 amide bonds. The van der Waals surface area contributed by atoms with E-state index in [0.29, 0.717) is 18.5 Å². The lowest BCUT2D eigenvalue weighted by molar-refractivity contribution is -0.141. The van der Waals surface area contributed by atoms with E-state index in [1.807, 2.05) is 0 Å². The number of amides is 6. The van der Waals surface area contributed by atoms with Crippen molar-refractivity contribution in [3.05, 3.63) is 18.2 Å². The van der Waals surface area contributed by atoms with Gasteiger partial charge in [-0.2, -0.15) is 12.6 Å². The molecule has 1 heterocycles. The van der Waals surface area contributed by atoms with Crippen molar-refractivity contribution in [3.63, 3.8) is 0 Å². The Labute approximate surface area is 270 Å². The summed E-state index contributed by atoms with van der Waals surface area (Å²) in [5.74, 6) is -6.46. The van der Waals surface area contributed by atoms with E-state index in [1.54, 1.807) is 0 Å². The highest BCUT2D eigenvalue weighted by molar-refractivity contribution is 7.80. The van der Waals surface area contributed by atoms with Gasteiger partial charge in [0.25, 0.3) is 0 Å². The Hall–Kier alpha value is -4.27. The van der Waals surface area contributed by atoms with Crippen LogP contribution in [-0.2, 0) is 40.0 Å². The van der Waals surface area contributed by atoms with Crippen molar-refractivity contribution < 1.29 is 43.8 Å². The van der Waals surface area contributed by atoms with Gasteiger partial charge in [0, 0.05) is 24.8 Å². The number of carboxylic acid groups (broad SMARTS) is 1. The number of hydrogen-bond donors (Lipinski definition) is 12. The van der Waals surface area contributed by atoms with Gasteiger partial charge in [-0.1, -0.05) is 0 Å². The lowest BCUT2D eigenvalue weighted by Gasteiger charge is -2.26. The predicted molar refractivity (Wildman–Crippen MR) is 166 cm³/mol. The van der Waals surface area contributed by atoms with E-state index in [9.17, 15) is 43.8 Å². The minimum atomic E-state index is -1.47. The fourth-order valence-electron chi connectivity index (χ4n) is 3.89. The number of aliphatic hydroxyl groups is 1. The molecule has 1 aromatic rings. The van der Waals surface area contributed by atoms with Crippen LogP contribution in [0.1, 0.15) is 44.7 Å². The number of H-pyrrole nitrogens is 1. The topological polar surface area (TPSA) is 327 Å². The first kappa shape index (κ1) is 39.8. The van der Waals surface area contributed by atoms with Crippen LogP contribution in [-0.4, -0.2) is 117 Å². The van der Waals surface area contributed by atoms with Crippen LogP contribution in [0.25, 0.3) is 0 Å². The van der Waals surface area contributed by atoms with Gasteiger partial charge < -0.3 is 59.0 Å². The maximum Gasteiger partial charge on any atom is 0.325 e. The molecule has 1 rings (SSSR count). The van der Waals surface area contributed by atoms with E-state index in [2.05, 4.69) is 49.2 Å². The van der Waals surface area contributed by atoms with Crippen molar-refractivity contribution in [3.8, 4) is 0 Å². The van der Waals surface area contributed by atoms with Crippen molar-refractivity contribution in [1.82, 2.24) is 36.6 Å². The second-order valence-corrected chi connectivity index (χ2v) is 10.7. The summed E-state index contributed by atoms with van der Waals surface area (Å²) in [6.07, 6.45) is 2.87. The zero-order valence-corrected chi connectivity index (χ0v) is 26.3. The van der Waals surface area contributed by atoms with E-state index in [1.165, 1.54) is 19.4 Å². The second kappa shape index (κ2) is 20.7. The normalized spacial score (nSPS) is 14.8. The number of thiol groups is 1. The number of carboxylic acids is 1. The number of imidazole rings is 1. The molecule has 0 saturated heterocycles. The van der Waals surface area contributed by atoms with Crippen molar-refractivity contribution >= 4 is 54.0 Å². The number of aliphatic carboxylic acids is 1. The number of nitrogens with zero attached hydrogens (tertiary/aromatic N) is 1. The zero-order chi connectivity index (χ0) is 34.8. The lowest BCUT2D eigenvalue weighted by Crippen LogP contribution is -2.60. The molecule has 0 aliphatic heterocycles. The molecule has 0 bridgehead atoms. The summed E-state index contributed by atoms with van der Waals surface area (Å²) in [7, 11) is 0.